The predicted molar refractivity (Wildman–Crippen MR) is 95.0 cm³/mol. The van der Waals surface area contributed by atoms with E-state index in [1.807, 2.05) is 11.0 Å². The van der Waals surface area contributed by atoms with Crippen LogP contribution in [-0.2, 0) is 11.3 Å². The van der Waals surface area contributed by atoms with Gasteiger partial charge in [0.25, 0.3) is 0 Å². The molecule has 5 rings (SSSR count). The molecule has 1 N–H and O–H groups in total. The molecule has 0 bridgehead atoms. The third-order valence-electron chi connectivity index (χ3n) is 5.46. The summed E-state index contributed by atoms with van der Waals surface area (Å²) in [7, 11) is 0. The number of nitrogens with one attached hydrogen (secondary N) is 1. The number of carbonyl (C=O) groups excluding carboxylic acids is 1. The number of halogens is 2. The highest BCUT2D eigenvalue weighted by Gasteiger charge is 2.56. The monoisotopic (exact) mass is 369 g/mol. The Balaban J connectivity index is 1.19. The molecule has 0 spiro atoms. The lowest BCUT2D eigenvalue weighted by atomic mass is 10.2. The Hall–Kier alpha value is -3.03. The SMILES string of the molecule is O=C(Cn1cnc2cccnc21)NC1C2CN(c3ccc(F)cc3F)CC21. The molecule has 1 aromatic carbocycles. The molecule has 1 amide bonds. The minimum Gasteiger partial charge on any atom is -0.368 e. The van der Waals surface area contributed by atoms with Gasteiger partial charge in [-0.2, -0.15) is 0 Å². The summed E-state index contributed by atoms with van der Waals surface area (Å²) in [6, 6.07) is 7.42. The van der Waals surface area contributed by atoms with Gasteiger partial charge in [0.05, 0.1) is 12.0 Å². The fraction of sp³-hybridized carbons (Fsp3) is 0.316. The molecular weight excluding hydrogens is 352 g/mol. The van der Waals surface area contributed by atoms with Gasteiger partial charge in [0, 0.05) is 43.2 Å². The molecule has 2 atom stereocenters. The minimum atomic E-state index is -0.577. The van der Waals surface area contributed by atoms with Crippen LogP contribution in [0.15, 0.2) is 42.9 Å². The number of fused-ring (bicyclic) bond motifs is 2. The predicted octanol–water partition coefficient (Wildman–Crippen LogP) is 1.96. The number of rotatable bonds is 4. The van der Waals surface area contributed by atoms with Crippen molar-refractivity contribution in [1.29, 1.82) is 0 Å². The van der Waals surface area contributed by atoms with Crippen LogP contribution >= 0.6 is 0 Å². The summed E-state index contributed by atoms with van der Waals surface area (Å²) in [6.45, 7) is 1.49. The first-order valence-electron chi connectivity index (χ1n) is 8.85. The number of anilines is 1. The first-order valence-corrected chi connectivity index (χ1v) is 8.85. The van der Waals surface area contributed by atoms with Crippen molar-refractivity contribution >= 4 is 22.8 Å². The van der Waals surface area contributed by atoms with Crippen LogP contribution in [0.2, 0.25) is 0 Å². The first kappa shape index (κ1) is 16.2. The molecule has 3 aromatic rings. The van der Waals surface area contributed by atoms with Gasteiger partial charge in [-0.1, -0.05) is 0 Å². The van der Waals surface area contributed by atoms with Gasteiger partial charge in [-0.15, -0.1) is 0 Å². The van der Waals surface area contributed by atoms with Crippen LogP contribution in [0.4, 0.5) is 14.5 Å². The van der Waals surface area contributed by atoms with Gasteiger partial charge in [0.15, 0.2) is 5.65 Å². The third kappa shape index (κ3) is 2.81. The maximum atomic E-state index is 13.9. The molecule has 138 valence electrons. The molecule has 3 heterocycles. The Bertz CT molecular complexity index is 1020. The Kier molecular flexibility index (Phi) is 3.60. The van der Waals surface area contributed by atoms with E-state index in [1.54, 1.807) is 23.2 Å². The van der Waals surface area contributed by atoms with E-state index in [0.717, 1.165) is 11.6 Å². The van der Waals surface area contributed by atoms with Crippen LogP contribution in [0.1, 0.15) is 0 Å². The van der Waals surface area contributed by atoms with Gasteiger partial charge in [-0.25, -0.2) is 18.7 Å². The lowest BCUT2D eigenvalue weighted by Crippen LogP contribution is -2.36. The highest BCUT2D eigenvalue weighted by atomic mass is 19.1. The van der Waals surface area contributed by atoms with Gasteiger partial charge >= 0.3 is 0 Å². The van der Waals surface area contributed by atoms with Crippen LogP contribution in [0.5, 0.6) is 0 Å². The molecule has 1 aliphatic heterocycles. The first-order chi connectivity index (χ1) is 13.1. The zero-order valence-electron chi connectivity index (χ0n) is 14.3. The van der Waals surface area contributed by atoms with E-state index < -0.39 is 11.6 Å². The van der Waals surface area contributed by atoms with Crippen molar-refractivity contribution in [3.05, 3.63) is 54.5 Å². The highest BCUT2D eigenvalue weighted by molar-refractivity contribution is 5.79. The van der Waals surface area contributed by atoms with E-state index in [9.17, 15) is 13.6 Å². The standard InChI is InChI=1S/C19H17F2N5O/c20-11-3-4-16(14(21)6-11)25-7-12-13(8-25)18(12)24-17(27)9-26-10-23-15-2-1-5-22-19(15)26/h1-6,10,12-13,18H,7-9H2,(H,24,27). The van der Waals surface area contributed by atoms with Crippen molar-refractivity contribution in [1.82, 2.24) is 19.9 Å². The number of amides is 1. The molecule has 1 aliphatic carbocycles. The maximum Gasteiger partial charge on any atom is 0.240 e. The fourth-order valence-electron chi connectivity index (χ4n) is 4.07. The Labute approximate surface area is 153 Å². The van der Waals surface area contributed by atoms with E-state index in [0.29, 0.717) is 36.3 Å². The number of piperidine rings is 1. The quantitative estimate of drug-likeness (QED) is 0.764. The van der Waals surface area contributed by atoms with Gasteiger partial charge < -0.3 is 14.8 Å². The van der Waals surface area contributed by atoms with Crippen LogP contribution in [-0.4, -0.2) is 39.6 Å². The van der Waals surface area contributed by atoms with Gasteiger partial charge in [-0.3, -0.25) is 4.79 Å². The molecular formula is C19H17F2N5O. The van der Waals surface area contributed by atoms with Crippen molar-refractivity contribution in [2.24, 2.45) is 11.8 Å². The number of aromatic nitrogens is 3. The minimum absolute atomic E-state index is 0.0844. The normalized spacial score (nSPS) is 23.5. The van der Waals surface area contributed by atoms with Crippen molar-refractivity contribution in [2.45, 2.75) is 12.6 Å². The van der Waals surface area contributed by atoms with E-state index in [-0.39, 0.29) is 18.5 Å². The molecule has 6 nitrogen and oxygen atoms in total. The molecule has 0 radical (unpaired) electrons. The molecule has 2 aliphatic rings. The number of benzene rings is 1. The summed E-state index contributed by atoms with van der Waals surface area (Å²) in [4.78, 5) is 22.8. The van der Waals surface area contributed by atoms with Crippen LogP contribution in [0, 0.1) is 23.5 Å². The van der Waals surface area contributed by atoms with Gasteiger partial charge in [0.1, 0.15) is 23.7 Å². The summed E-state index contributed by atoms with van der Waals surface area (Å²) in [5, 5.41) is 3.06. The zero-order chi connectivity index (χ0) is 18.5. The number of nitrogens with zero attached hydrogens (tertiary/aromatic N) is 4. The lowest BCUT2D eigenvalue weighted by molar-refractivity contribution is -0.121. The molecule has 1 saturated heterocycles. The highest BCUT2D eigenvalue weighted by Crippen LogP contribution is 2.47. The lowest BCUT2D eigenvalue weighted by Gasteiger charge is -2.22. The van der Waals surface area contributed by atoms with Crippen molar-refractivity contribution in [2.75, 3.05) is 18.0 Å². The van der Waals surface area contributed by atoms with Gasteiger partial charge in [0.2, 0.25) is 5.91 Å². The average Bonchev–Trinajstić information content (AvgIpc) is 3.01. The van der Waals surface area contributed by atoms with Crippen LogP contribution in [0.25, 0.3) is 11.2 Å². The fourth-order valence-corrected chi connectivity index (χ4v) is 4.07. The topological polar surface area (TPSA) is 63.1 Å². The largest absolute Gasteiger partial charge is 0.368 e. The number of carbonyl (C=O) groups is 1. The molecule has 8 heteroatoms. The number of imidazole rings is 1. The molecule has 2 unspecified atom stereocenters. The van der Waals surface area contributed by atoms with Gasteiger partial charge in [-0.05, 0) is 24.3 Å². The van der Waals surface area contributed by atoms with E-state index in [4.69, 9.17) is 0 Å². The molecule has 2 fully saturated rings. The summed E-state index contributed by atoms with van der Waals surface area (Å²) in [5.41, 5.74) is 1.86. The molecule has 2 aromatic heterocycles. The van der Waals surface area contributed by atoms with Crippen molar-refractivity contribution < 1.29 is 13.6 Å². The van der Waals surface area contributed by atoms with E-state index in [1.165, 1.54) is 12.1 Å². The van der Waals surface area contributed by atoms with Crippen LogP contribution in [0.3, 0.4) is 0 Å². The Morgan fingerprint density at radius 2 is 2.00 bits per heavy atom. The number of hydrogen-bond acceptors (Lipinski definition) is 4. The molecule has 1 saturated carbocycles. The van der Waals surface area contributed by atoms with E-state index in [2.05, 4.69) is 15.3 Å². The summed E-state index contributed by atoms with van der Waals surface area (Å²) >= 11 is 0. The Morgan fingerprint density at radius 3 is 2.78 bits per heavy atom. The van der Waals surface area contributed by atoms with Crippen LogP contribution < -0.4 is 10.2 Å². The zero-order valence-corrected chi connectivity index (χ0v) is 14.3. The second-order valence-corrected chi connectivity index (χ2v) is 7.14. The average molecular weight is 369 g/mol. The number of pyridine rings is 1. The Morgan fingerprint density at radius 1 is 1.19 bits per heavy atom. The van der Waals surface area contributed by atoms with Crippen molar-refractivity contribution in [3.8, 4) is 0 Å². The van der Waals surface area contributed by atoms with Crippen molar-refractivity contribution in [3.63, 3.8) is 0 Å². The summed E-state index contributed by atoms with van der Waals surface area (Å²) in [5.74, 6) is -0.602. The summed E-state index contributed by atoms with van der Waals surface area (Å²) in [6.07, 6.45) is 3.29. The second-order valence-electron chi connectivity index (χ2n) is 7.14. The second kappa shape index (κ2) is 6.00. The maximum absolute atomic E-state index is 13.9. The molecule has 27 heavy (non-hydrogen) atoms. The third-order valence-corrected chi connectivity index (χ3v) is 5.46. The smallest absolute Gasteiger partial charge is 0.240 e. The summed E-state index contributed by atoms with van der Waals surface area (Å²) < 4.78 is 28.7. The van der Waals surface area contributed by atoms with E-state index >= 15 is 0 Å². The number of hydrogen-bond donors (Lipinski definition) is 1.